The number of rotatable bonds is 4. The average Bonchev–Trinajstić information content (AvgIpc) is 2.97. The van der Waals surface area contributed by atoms with Crippen molar-refractivity contribution >= 4 is 6.29 Å². The van der Waals surface area contributed by atoms with Gasteiger partial charge in [0.2, 0.25) is 0 Å². The summed E-state index contributed by atoms with van der Waals surface area (Å²) in [7, 11) is 0. The lowest BCUT2D eigenvalue weighted by atomic mass is 9.94. The molecular formula is C15H19NO. The topological polar surface area (TPSA) is 20.3 Å². The third-order valence-electron chi connectivity index (χ3n) is 4.24. The molecule has 2 aliphatic rings. The molecule has 3 rings (SSSR count). The van der Waals surface area contributed by atoms with Gasteiger partial charge < -0.3 is 4.90 Å². The molecule has 2 heteroatoms. The van der Waals surface area contributed by atoms with Crippen LogP contribution in [0.3, 0.4) is 0 Å². The molecule has 1 aliphatic carbocycles. The van der Waals surface area contributed by atoms with Crippen molar-refractivity contribution in [1.29, 1.82) is 0 Å². The Morgan fingerprint density at radius 1 is 1.12 bits per heavy atom. The predicted molar refractivity (Wildman–Crippen MR) is 68.4 cm³/mol. The summed E-state index contributed by atoms with van der Waals surface area (Å²) in [6, 6.07) is 8.19. The van der Waals surface area contributed by atoms with Crippen molar-refractivity contribution in [2.75, 3.05) is 19.6 Å². The van der Waals surface area contributed by atoms with E-state index >= 15 is 0 Å². The lowest BCUT2D eigenvalue weighted by Gasteiger charge is -2.23. The molecule has 0 spiro atoms. The highest BCUT2D eigenvalue weighted by Crippen LogP contribution is 2.49. The monoisotopic (exact) mass is 229 g/mol. The summed E-state index contributed by atoms with van der Waals surface area (Å²) >= 11 is 0. The van der Waals surface area contributed by atoms with Crippen molar-refractivity contribution in [1.82, 2.24) is 4.90 Å². The number of benzene rings is 1. The van der Waals surface area contributed by atoms with Gasteiger partial charge in [0.1, 0.15) is 6.29 Å². The molecule has 2 nitrogen and oxygen atoms in total. The Morgan fingerprint density at radius 2 is 1.76 bits per heavy atom. The Morgan fingerprint density at radius 3 is 2.29 bits per heavy atom. The molecule has 0 radical (unpaired) electrons. The zero-order chi connectivity index (χ0) is 11.7. The first-order valence-corrected chi connectivity index (χ1v) is 6.61. The normalized spacial score (nSPS) is 22.6. The van der Waals surface area contributed by atoms with Gasteiger partial charge in [-0.25, -0.2) is 0 Å². The Bertz CT molecular complexity index is 399. The molecule has 1 heterocycles. The van der Waals surface area contributed by atoms with E-state index in [4.69, 9.17) is 0 Å². The van der Waals surface area contributed by atoms with Gasteiger partial charge in [-0.1, -0.05) is 24.3 Å². The molecule has 1 aromatic rings. The second kappa shape index (κ2) is 4.26. The van der Waals surface area contributed by atoms with Crippen molar-refractivity contribution in [2.45, 2.75) is 31.1 Å². The van der Waals surface area contributed by atoms with Crippen LogP contribution >= 0.6 is 0 Å². The standard InChI is InChI=1S/C15H19NO/c17-11-13-3-5-14(6-4-13)15(7-8-15)12-16-9-1-2-10-16/h3-6,11H,1-2,7-10,12H2. The number of carbonyl (C=O) groups is 1. The van der Waals surface area contributed by atoms with E-state index in [1.165, 1.54) is 50.9 Å². The molecular weight excluding hydrogens is 210 g/mol. The Balaban J connectivity index is 1.74. The van der Waals surface area contributed by atoms with Crippen LogP contribution in [-0.4, -0.2) is 30.8 Å². The minimum absolute atomic E-state index is 0.408. The van der Waals surface area contributed by atoms with Crippen LogP contribution in [-0.2, 0) is 5.41 Å². The highest BCUT2D eigenvalue weighted by atomic mass is 16.1. The number of carbonyl (C=O) groups excluding carboxylic acids is 1. The van der Waals surface area contributed by atoms with Gasteiger partial charge in [-0.2, -0.15) is 0 Å². The Kier molecular flexibility index (Phi) is 2.75. The van der Waals surface area contributed by atoms with Crippen molar-refractivity contribution in [3.05, 3.63) is 35.4 Å². The van der Waals surface area contributed by atoms with E-state index in [-0.39, 0.29) is 0 Å². The largest absolute Gasteiger partial charge is 0.302 e. The number of aldehydes is 1. The summed E-state index contributed by atoms with van der Waals surface area (Å²) < 4.78 is 0. The van der Waals surface area contributed by atoms with E-state index in [1.807, 2.05) is 12.1 Å². The van der Waals surface area contributed by atoms with Gasteiger partial charge in [0.25, 0.3) is 0 Å². The quantitative estimate of drug-likeness (QED) is 0.740. The summed E-state index contributed by atoms with van der Waals surface area (Å²) in [5.74, 6) is 0. The van der Waals surface area contributed by atoms with E-state index in [9.17, 15) is 4.79 Å². The number of hydrogen-bond donors (Lipinski definition) is 0. The Labute approximate surface area is 103 Å². The van der Waals surface area contributed by atoms with E-state index in [0.29, 0.717) is 5.41 Å². The van der Waals surface area contributed by atoms with E-state index in [1.54, 1.807) is 0 Å². The molecule has 1 aromatic carbocycles. The lowest BCUT2D eigenvalue weighted by molar-refractivity contribution is 0.112. The fraction of sp³-hybridized carbons (Fsp3) is 0.533. The summed E-state index contributed by atoms with van der Waals surface area (Å²) in [5, 5.41) is 0. The first kappa shape index (κ1) is 11.0. The molecule has 1 saturated carbocycles. The molecule has 0 aromatic heterocycles. The van der Waals surface area contributed by atoms with E-state index < -0.39 is 0 Å². The number of likely N-dealkylation sites (tertiary alicyclic amines) is 1. The molecule has 17 heavy (non-hydrogen) atoms. The van der Waals surface area contributed by atoms with Crippen LogP contribution in [0.15, 0.2) is 24.3 Å². The second-order valence-corrected chi connectivity index (χ2v) is 5.50. The van der Waals surface area contributed by atoms with E-state index in [2.05, 4.69) is 17.0 Å². The van der Waals surface area contributed by atoms with Crippen LogP contribution in [0.1, 0.15) is 41.6 Å². The summed E-state index contributed by atoms with van der Waals surface area (Å²) in [5.41, 5.74) is 2.62. The van der Waals surface area contributed by atoms with Gasteiger partial charge in [0, 0.05) is 17.5 Å². The third-order valence-corrected chi connectivity index (χ3v) is 4.24. The lowest BCUT2D eigenvalue weighted by Crippen LogP contribution is -2.30. The van der Waals surface area contributed by atoms with Crippen LogP contribution in [0.25, 0.3) is 0 Å². The van der Waals surface area contributed by atoms with Crippen LogP contribution in [0.5, 0.6) is 0 Å². The highest BCUT2D eigenvalue weighted by Gasteiger charge is 2.45. The van der Waals surface area contributed by atoms with Crippen molar-refractivity contribution in [3.63, 3.8) is 0 Å². The SMILES string of the molecule is O=Cc1ccc(C2(CN3CCCC3)CC2)cc1. The molecule has 0 bridgehead atoms. The highest BCUT2D eigenvalue weighted by molar-refractivity contribution is 5.74. The van der Waals surface area contributed by atoms with Crippen LogP contribution < -0.4 is 0 Å². The fourth-order valence-corrected chi connectivity index (χ4v) is 2.97. The van der Waals surface area contributed by atoms with Gasteiger partial charge >= 0.3 is 0 Å². The van der Waals surface area contributed by atoms with Gasteiger partial charge in [0.15, 0.2) is 0 Å². The molecule has 1 aliphatic heterocycles. The average molecular weight is 229 g/mol. The zero-order valence-corrected chi connectivity index (χ0v) is 10.2. The molecule has 0 N–H and O–H groups in total. The molecule has 90 valence electrons. The predicted octanol–water partition coefficient (Wildman–Crippen LogP) is 2.63. The van der Waals surface area contributed by atoms with Crippen LogP contribution in [0.4, 0.5) is 0 Å². The molecule has 0 atom stereocenters. The third kappa shape index (κ3) is 2.14. The van der Waals surface area contributed by atoms with Gasteiger partial charge in [-0.3, -0.25) is 4.79 Å². The minimum atomic E-state index is 0.408. The van der Waals surface area contributed by atoms with Gasteiger partial charge in [-0.05, 0) is 44.3 Å². The van der Waals surface area contributed by atoms with Crippen molar-refractivity contribution in [2.24, 2.45) is 0 Å². The van der Waals surface area contributed by atoms with Crippen molar-refractivity contribution in [3.8, 4) is 0 Å². The van der Waals surface area contributed by atoms with Crippen LogP contribution in [0.2, 0.25) is 0 Å². The molecule has 0 unspecified atom stereocenters. The van der Waals surface area contributed by atoms with Gasteiger partial charge in [-0.15, -0.1) is 0 Å². The van der Waals surface area contributed by atoms with Crippen molar-refractivity contribution < 1.29 is 4.79 Å². The fourth-order valence-electron chi connectivity index (χ4n) is 2.97. The summed E-state index contributed by atoms with van der Waals surface area (Å²) in [6.45, 7) is 3.76. The molecule has 1 saturated heterocycles. The Hall–Kier alpha value is -1.15. The molecule has 2 fully saturated rings. The maximum absolute atomic E-state index is 10.7. The first-order valence-electron chi connectivity index (χ1n) is 6.61. The van der Waals surface area contributed by atoms with E-state index in [0.717, 1.165) is 11.8 Å². The second-order valence-electron chi connectivity index (χ2n) is 5.50. The number of nitrogens with zero attached hydrogens (tertiary/aromatic N) is 1. The number of hydrogen-bond acceptors (Lipinski definition) is 2. The van der Waals surface area contributed by atoms with Crippen LogP contribution in [0, 0.1) is 0 Å². The first-order chi connectivity index (χ1) is 8.32. The summed E-state index contributed by atoms with van der Waals surface area (Å²) in [6.07, 6.45) is 6.26. The maximum Gasteiger partial charge on any atom is 0.150 e. The van der Waals surface area contributed by atoms with Gasteiger partial charge in [0.05, 0.1) is 0 Å². The minimum Gasteiger partial charge on any atom is -0.302 e. The zero-order valence-electron chi connectivity index (χ0n) is 10.2. The smallest absolute Gasteiger partial charge is 0.150 e. The summed E-state index contributed by atoms with van der Waals surface area (Å²) in [4.78, 5) is 13.3. The maximum atomic E-state index is 10.7. The molecule has 0 amide bonds.